The van der Waals surface area contributed by atoms with E-state index in [1.54, 1.807) is 39.8 Å². The Balaban J connectivity index is 1.61. The summed E-state index contributed by atoms with van der Waals surface area (Å²) in [6, 6.07) is 8.81. The maximum Gasteiger partial charge on any atom is 0.242 e. The van der Waals surface area contributed by atoms with E-state index in [9.17, 15) is 8.42 Å². The summed E-state index contributed by atoms with van der Waals surface area (Å²) < 4.78 is 30.0. The topological polar surface area (TPSA) is 109 Å². The summed E-state index contributed by atoms with van der Waals surface area (Å²) in [7, 11) is 1.38. The number of hydrogen-bond acceptors (Lipinski definition) is 7. The van der Waals surface area contributed by atoms with Gasteiger partial charge in [0.25, 0.3) is 0 Å². The van der Waals surface area contributed by atoms with Crippen molar-refractivity contribution in [1.29, 1.82) is 0 Å². The first-order valence-corrected chi connectivity index (χ1v) is 12.6. The van der Waals surface area contributed by atoms with E-state index >= 15 is 0 Å². The van der Waals surface area contributed by atoms with Crippen molar-refractivity contribution >= 4 is 27.2 Å². The van der Waals surface area contributed by atoms with Crippen molar-refractivity contribution in [2.24, 2.45) is 7.05 Å². The monoisotopic (exact) mass is 480 g/mol. The third-order valence-corrected chi connectivity index (χ3v) is 7.92. The molecule has 1 atom stereocenters. The highest BCUT2D eigenvalue weighted by Crippen LogP contribution is 2.31. The molecule has 0 amide bonds. The Morgan fingerprint density at radius 1 is 1.18 bits per heavy atom. The summed E-state index contributed by atoms with van der Waals surface area (Å²) in [6.07, 6.45) is 7.69. The maximum absolute atomic E-state index is 12.6. The van der Waals surface area contributed by atoms with E-state index in [4.69, 9.17) is 4.98 Å². The summed E-state index contributed by atoms with van der Waals surface area (Å²) in [5, 5.41) is 15.7. The Hall–Kier alpha value is -3.28. The Bertz CT molecular complexity index is 1430. The van der Waals surface area contributed by atoms with Crippen LogP contribution in [0.4, 0.5) is 11.5 Å². The first-order chi connectivity index (χ1) is 16.3. The van der Waals surface area contributed by atoms with Gasteiger partial charge in [0.2, 0.25) is 10.0 Å². The molecule has 1 aromatic carbocycles. The predicted octanol–water partition coefficient (Wildman–Crippen LogP) is 2.59. The standard InChI is InChI=1S/C23H28N8O2S/c1-29(2)34(32,33)19-8-4-7-18(10-19)27-22-11-21(16-6-5-9-24-12-16)28-23-20(14-26-31(22)23)17-13-25-30(3)15-17/h4,7-8,10-11,13-16,24,27H,5-6,9,12H2,1-3H3. The number of nitrogens with one attached hydrogen (secondary N) is 2. The molecule has 4 heterocycles. The van der Waals surface area contributed by atoms with E-state index in [0.29, 0.717) is 5.69 Å². The fourth-order valence-corrected chi connectivity index (χ4v) is 5.19. The van der Waals surface area contributed by atoms with E-state index in [1.165, 1.54) is 18.4 Å². The van der Waals surface area contributed by atoms with Gasteiger partial charge in [0.15, 0.2) is 5.65 Å². The second-order valence-corrected chi connectivity index (χ2v) is 10.9. The van der Waals surface area contributed by atoms with Gasteiger partial charge in [-0.05, 0) is 37.6 Å². The van der Waals surface area contributed by atoms with Crippen LogP contribution < -0.4 is 10.6 Å². The van der Waals surface area contributed by atoms with Crippen molar-refractivity contribution in [3.8, 4) is 11.1 Å². The van der Waals surface area contributed by atoms with E-state index in [1.807, 2.05) is 25.4 Å². The van der Waals surface area contributed by atoms with Crippen molar-refractivity contribution < 1.29 is 8.42 Å². The van der Waals surface area contributed by atoms with Crippen LogP contribution in [0.1, 0.15) is 24.5 Å². The van der Waals surface area contributed by atoms with Crippen LogP contribution in [-0.4, -0.2) is 64.3 Å². The number of sulfonamides is 1. The van der Waals surface area contributed by atoms with Gasteiger partial charge in [0.1, 0.15) is 5.82 Å². The molecule has 34 heavy (non-hydrogen) atoms. The van der Waals surface area contributed by atoms with Gasteiger partial charge in [0.05, 0.1) is 23.0 Å². The van der Waals surface area contributed by atoms with Gasteiger partial charge >= 0.3 is 0 Å². The van der Waals surface area contributed by atoms with Gasteiger partial charge in [-0.25, -0.2) is 17.7 Å². The molecule has 1 fully saturated rings. The molecule has 5 rings (SSSR count). The molecule has 178 valence electrons. The third kappa shape index (κ3) is 4.17. The number of hydrogen-bond donors (Lipinski definition) is 2. The van der Waals surface area contributed by atoms with Crippen LogP contribution >= 0.6 is 0 Å². The van der Waals surface area contributed by atoms with Crippen LogP contribution in [0.5, 0.6) is 0 Å². The van der Waals surface area contributed by atoms with Gasteiger partial charge in [-0.3, -0.25) is 4.68 Å². The van der Waals surface area contributed by atoms with E-state index in [2.05, 4.69) is 20.8 Å². The third-order valence-electron chi connectivity index (χ3n) is 6.11. The van der Waals surface area contributed by atoms with E-state index in [-0.39, 0.29) is 10.8 Å². The number of benzene rings is 1. The van der Waals surface area contributed by atoms with Gasteiger partial charge in [0, 0.05) is 62.7 Å². The molecule has 3 aromatic heterocycles. The molecule has 1 saturated heterocycles. The average molecular weight is 481 g/mol. The maximum atomic E-state index is 12.6. The minimum atomic E-state index is -3.55. The molecule has 0 spiro atoms. The van der Waals surface area contributed by atoms with Gasteiger partial charge < -0.3 is 10.6 Å². The summed E-state index contributed by atoms with van der Waals surface area (Å²) in [5.74, 6) is 1.01. The fourth-order valence-electron chi connectivity index (χ4n) is 4.24. The van der Waals surface area contributed by atoms with Crippen LogP contribution in [0.3, 0.4) is 0 Å². The average Bonchev–Trinajstić information content (AvgIpc) is 3.46. The smallest absolute Gasteiger partial charge is 0.242 e. The highest BCUT2D eigenvalue weighted by molar-refractivity contribution is 7.89. The van der Waals surface area contributed by atoms with Crippen LogP contribution in [0.2, 0.25) is 0 Å². The van der Waals surface area contributed by atoms with Crippen molar-refractivity contribution in [2.45, 2.75) is 23.7 Å². The van der Waals surface area contributed by atoms with Crippen LogP contribution in [0.25, 0.3) is 16.8 Å². The lowest BCUT2D eigenvalue weighted by atomic mass is 9.96. The number of aryl methyl sites for hydroxylation is 1. The van der Waals surface area contributed by atoms with E-state index < -0.39 is 10.0 Å². The highest BCUT2D eigenvalue weighted by Gasteiger charge is 2.22. The van der Waals surface area contributed by atoms with Gasteiger partial charge in [-0.1, -0.05) is 6.07 Å². The highest BCUT2D eigenvalue weighted by atomic mass is 32.2. The van der Waals surface area contributed by atoms with E-state index in [0.717, 1.165) is 54.2 Å². The normalized spacial score (nSPS) is 16.9. The number of rotatable bonds is 6. The minimum Gasteiger partial charge on any atom is -0.340 e. The van der Waals surface area contributed by atoms with Crippen LogP contribution in [-0.2, 0) is 17.1 Å². The molecular formula is C23H28N8O2S. The second-order valence-electron chi connectivity index (χ2n) is 8.75. The van der Waals surface area contributed by atoms with Crippen molar-refractivity contribution in [3.05, 3.63) is 54.6 Å². The molecule has 0 saturated carbocycles. The van der Waals surface area contributed by atoms with Crippen LogP contribution in [0.15, 0.2) is 53.8 Å². The largest absolute Gasteiger partial charge is 0.340 e. The summed E-state index contributed by atoms with van der Waals surface area (Å²) in [5.41, 5.74) is 4.20. The van der Waals surface area contributed by atoms with Crippen LogP contribution in [0, 0.1) is 0 Å². The number of anilines is 2. The number of nitrogens with zero attached hydrogens (tertiary/aromatic N) is 6. The Labute approximate surface area is 198 Å². The minimum absolute atomic E-state index is 0.223. The number of piperidine rings is 1. The van der Waals surface area contributed by atoms with Crippen molar-refractivity contribution in [1.82, 2.24) is 34.0 Å². The lowest BCUT2D eigenvalue weighted by Crippen LogP contribution is -2.29. The molecule has 0 bridgehead atoms. The van der Waals surface area contributed by atoms with Crippen molar-refractivity contribution in [3.63, 3.8) is 0 Å². The van der Waals surface area contributed by atoms with Gasteiger partial charge in [-0.2, -0.15) is 14.7 Å². The summed E-state index contributed by atoms with van der Waals surface area (Å²) in [6.45, 7) is 1.89. The molecule has 4 aromatic rings. The summed E-state index contributed by atoms with van der Waals surface area (Å²) in [4.78, 5) is 5.23. The molecule has 10 nitrogen and oxygen atoms in total. The Morgan fingerprint density at radius 2 is 2.03 bits per heavy atom. The first kappa shape index (κ1) is 22.5. The quantitative estimate of drug-likeness (QED) is 0.437. The zero-order valence-electron chi connectivity index (χ0n) is 19.4. The lowest BCUT2D eigenvalue weighted by molar-refractivity contribution is 0.455. The second kappa shape index (κ2) is 8.82. The molecule has 2 N–H and O–H groups in total. The predicted molar refractivity (Wildman–Crippen MR) is 131 cm³/mol. The van der Waals surface area contributed by atoms with Crippen molar-refractivity contribution in [2.75, 3.05) is 32.5 Å². The number of aromatic nitrogens is 5. The zero-order chi connectivity index (χ0) is 23.9. The molecule has 0 aliphatic carbocycles. The fraction of sp³-hybridized carbons (Fsp3) is 0.348. The molecular weight excluding hydrogens is 452 g/mol. The zero-order valence-corrected chi connectivity index (χ0v) is 20.2. The molecule has 1 aliphatic rings. The lowest BCUT2D eigenvalue weighted by Gasteiger charge is -2.23. The molecule has 1 aliphatic heterocycles. The summed E-state index contributed by atoms with van der Waals surface area (Å²) >= 11 is 0. The Kier molecular flexibility index (Phi) is 5.84. The van der Waals surface area contributed by atoms with Gasteiger partial charge in [-0.15, -0.1) is 0 Å². The molecule has 11 heteroatoms. The molecule has 1 unspecified atom stereocenters. The molecule has 0 radical (unpaired) electrons. The SMILES string of the molecule is CN(C)S(=O)(=O)c1cccc(Nc2cc(C3CCCNC3)nc3c(-c4cnn(C)c4)cnn23)c1. The number of fused-ring (bicyclic) bond motifs is 1. The first-order valence-electron chi connectivity index (χ1n) is 11.2. The Morgan fingerprint density at radius 3 is 2.74 bits per heavy atom.